The average molecular weight is 528 g/mol. The van der Waals surface area contributed by atoms with Crippen LogP contribution in [0.25, 0.3) is 0 Å². The number of benzene rings is 1. The monoisotopic (exact) mass is 528 g/mol. The maximum atomic E-state index is 15.3. The van der Waals surface area contributed by atoms with E-state index in [-0.39, 0.29) is 24.5 Å². The molecule has 1 aromatic carbocycles. The second-order valence-corrected chi connectivity index (χ2v) is 8.78. The van der Waals surface area contributed by atoms with Crippen LogP contribution >= 0.6 is 0 Å². The van der Waals surface area contributed by atoms with Gasteiger partial charge in [0.2, 0.25) is 5.82 Å². The Bertz CT molecular complexity index is 1410. The molecule has 196 valence electrons. The minimum absolute atomic E-state index is 0.00233. The Morgan fingerprint density at radius 2 is 1.89 bits per heavy atom. The number of hydrogen-bond acceptors (Lipinski definition) is 7. The predicted octanol–water partition coefficient (Wildman–Crippen LogP) is 4.05. The number of fused-ring (bicyclic) bond motifs is 3. The van der Waals surface area contributed by atoms with Crippen LogP contribution in [0.15, 0.2) is 35.3 Å². The van der Waals surface area contributed by atoms with Crippen molar-refractivity contribution >= 4 is 5.82 Å². The summed E-state index contributed by atoms with van der Waals surface area (Å²) in [5.74, 6) is -5.45. The zero-order chi connectivity index (χ0) is 26.5. The molecule has 14 heteroatoms. The molecule has 8 nitrogen and oxygen atoms in total. The fourth-order valence-electron chi connectivity index (χ4n) is 4.32. The van der Waals surface area contributed by atoms with Gasteiger partial charge in [-0.2, -0.15) is 22.5 Å². The van der Waals surface area contributed by atoms with E-state index in [9.17, 15) is 26.7 Å². The quantitative estimate of drug-likeness (QED) is 0.463. The third-order valence-corrected chi connectivity index (χ3v) is 6.02. The van der Waals surface area contributed by atoms with Gasteiger partial charge in [0, 0.05) is 18.8 Å². The van der Waals surface area contributed by atoms with E-state index in [1.54, 1.807) is 4.90 Å². The SMILES string of the molecule is C[C@@]12COCCN1c1c(F)c(OCc3cc(F)c(Oc4ccnc(C(F)(F)F)c4)c(F)c3)nc(=O)n1C2. The summed E-state index contributed by atoms with van der Waals surface area (Å²) in [6.45, 7) is 2.40. The zero-order valence-corrected chi connectivity index (χ0v) is 19.1. The Kier molecular flexibility index (Phi) is 6.01. The van der Waals surface area contributed by atoms with Crippen molar-refractivity contribution in [2.75, 3.05) is 24.7 Å². The highest BCUT2D eigenvalue weighted by Crippen LogP contribution is 2.38. The summed E-state index contributed by atoms with van der Waals surface area (Å²) in [5, 5.41) is 0. The van der Waals surface area contributed by atoms with Crippen molar-refractivity contribution < 1.29 is 40.6 Å². The molecule has 0 radical (unpaired) electrons. The Hall–Kier alpha value is -3.81. The lowest BCUT2D eigenvalue weighted by atomic mass is 10.0. The molecule has 5 rings (SSSR count). The van der Waals surface area contributed by atoms with Crippen molar-refractivity contribution in [1.29, 1.82) is 0 Å². The van der Waals surface area contributed by atoms with E-state index in [4.69, 9.17) is 14.2 Å². The Balaban J connectivity index is 1.36. The molecule has 1 fully saturated rings. The molecule has 4 heterocycles. The second kappa shape index (κ2) is 8.94. The minimum Gasteiger partial charge on any atom is -0.471 e. The molecule has 2 aromatic heterocycles. The van der Waals surface area contributed by atoms with Crippen molar-refractivity contribution in [2.45, 2.75) is 31.8 Å². The van der Waals surface area contributed by atoms with E-state index in [1.807, 2.05) is 6.92 Å². The number of aromatic nitrogens is 3. The summed E-state index contributed by atoms with van der Waals surface area (Å²) in [7, 11) is 0. The van der Waals surface area contributed by atoms with E-state index >= 15 is 4.39 Å². The minimum atomic E-state index is -4.78. The van der Waals surface area contributed by atoms with Gasteiger partial charge in [-0.15, -0.1) is 0 Å². The molecule has 37 heavy (non-hydrogen) atoms. The zero-order valence-electron chi connectivity index (χ0n) is 19.1. The number of pyridine rings is 1. The molecule has 1 atom stereocenters. The maximum absolute atomic E-state index is 15.3. The van der Waals surface area contributed by atoms with Crippen molar-refractivity contribution in [3.05, 3.63) is 69.7 Å². The summed E-state index contributed by atoms with van der Waals surface area (Å²) in [5.41, 5.74) is -2.79. The number of alkyl halides is 3. The molecule has 0 N–H and O–H groups in total. The van der Waals surface area contributed by atoms with Crippen LogP contribution in [0.3, 0.4) is 0 Å². The summed E-state index contributed by atoms with van der Waals surface area (Å²) in [4.78, 5) is 21.0. The number of rotatable bonds is 5. The lowest BCUT2D eigenvalue weighted by Crippen LogP contribution is -2.53. The highest BCUT2D eigenvalue weighted by atomic mass is 19.4. The first-order valence-electron chi connectivity index (χ1n) is 10.9. The molecular weight excluding hydrogens is 510 g/mol. The lowest BCUT2D eigenvalue weighted by Gasteiger charge is -2.39. The fraction of sp³-hybridized carbons (Fsp3) is 0.348. The smallest absolute Gasteiger partial charge is 0.433 e. The van der Waals surface area contributed by atoms with Crippen LogP contribution < -0.4 is 20.1 Å². The summed E-state index contributed by atoms with van der Waals surface area (Å²) in [6.07, 6.45) is -3.99. The summed E-state index contributed by atoms with van der Waals surface area (Å²) < 4.78 is 99.9. The van der Waals surface area contributed by atoms with E-state index in [0.717, 1.165) is 24.4 Å². The summed E-state index contributed by atoms with van der Waals surface area (Å²) >= 11 is 0. The Morgan fingerprint density at radius 1 is 1.16 bits per heavy atom. The summed E-state index contributed by atoms with van der Waals surface area (Å²) in [6, 6.07) is 3.12. The molecule has 0 unspecified atom stereocenters. The first kappa shape index (κ1) is 24.9. The van der Waals surface area contributed by atoms with Crippen LogP contribution in [0, 0.1) is 17.5 Å². The van der Waals surface area contributed by atoms with Gasteiger partial charge in [0.15, 0.2) is 23.2 Å². The van der Waals surface area contributed by atoms with E-state index in [2.05, 4.69) is 9.97 Å². The molecule has 0 amide bonds. The average Bonchev–Trinajstić information content (AvgIpc) is 3.16. The van der Waals surface area contributed by atoms with Gasteiger partial charge in [0.25, 0.3) is 5.88 Å². The first-order valence-corrected chi connectivity index (χ1v) is 10.9. The third-order valence-electron chi connectivity index (χ3n) is 6.02. The van der Waals surface area contributed by atoms with E-state index in [1.165, 1.54) is 4.57 Å². The van der Waals surface area contributed by atoms with Gasteiger partial charge in [-0.3, -0.25) is 9.55 Å². The van der Waals surface area contributed by atoms with E-state index in [0.29, 0.717) is 19.2 Å². The largest absolute Gasteiger partial charge is 0.471 e. The molecule has 1 saturated heterocycles. The molecule has 0 spiro atoms. The van der Waals surface area contributed by atoms with Crippen LogP contribution in [-0.4, -0.2) is 39.8 Å². The molecule has 0 aliphatic carbocycles. The number of anilines is 1. The van der Waals surface area contributed by atoms with Gasteiger partial charge in [-0.25, -0.2) is 13.6 Å². The Labute approximate surface area is 205 Å². The van der Waals surface area contributed by atoms with Crippen LogP contribution in [0.1, 0.15) is 18.2 Å². The van der Waals surface area contributed by atoms with Gasteiger partial charge in [-0.1, -0.05) is 0 Å². The van der Waals surface area contributed by atoms with Crippen molar-refractivity contribution in [2.24, 2.45) is 0 Å². The lowest BCUT2D eigenvalue weighted by molar-refractivity contribution is -0.141. The van der Waals surface area contributed by atoms with Crippen LogP contribution in [0.5, 0.6) is 17.4 Å². The number of hydrogen-bond donors (Lipinski definition) is 0. The highest BCUT2D eigenvalue weighted by molar-refractivity contribution is 5.51. The van der Waals surface area contributed by atoms with Gasteiger partial charge < -0.3 is 19.1 Å². The van der Waals surface area contributed by atoms with Gasteiger partial charge >= 0.3 is 11.9 Å². The van der Waals surface area contributed by atoms with Crippen molar-refractivity contribution in [3.63, 3.8) is 0 Å². The van der Waals surface area contributed by atoms with Gasteiger partial charge in [0.05, 0.1) is 25.3 Å². The molecule has 3 aromatic rings. The molecule has 0 saturated carbocycles. The number of halogens is 6. The van der Waals surface area contributed by atoms with Crippen molar-refractivity contribution in [3.8, 4) is 17.4 Å². The van der Waals surface area contributed by atoms with E-state index < -0.39 is 64.5 Å². The molecular formula is C23H18F6N4O4. The van der Waals surface area contributed by atoms with Gasteiger partial charge in [0.1, 0.15) is 18.1 Å². The van der Waals surface area contributed by atoms with Gasteiger partial charge in [-0.05, 0) is 30.7 Å². The van der Waals surface area contributed by atoms with Crippen molar-refractivity contribution in [1.82, 2.24) is 14.5 Å². The fourth-order valence-corrected chi connectivity index (χ4v) is 4.32. The topological polar surface area (TPSA) is 78.7 Å². The second-order valence-electron chi connectivity index (χ2n) is 8.78. The molecule has 2 aliphatic rings. The number of morpholine rings is 1. The molecule has 2 aliphatic heterocycles. The Morgan fingerprint density at radius 3 is 2.59 bits per heavy atom. The molecule has 0 bridgehead atoms. The standard InChI is InChI=1S/C23H18F6N4O4/c1-22-10-32-20(33(22)4-5-35-11-22)17(26)19(31-21(32)34)36-9-12-6-14(24)18(15(25)7-12)37-13-2-3-30-16(8-13)23(27,28)29/h2-3,6-8H,4-5,9-11H2,1H3/t22-/m1/s1. The van der Waals surface area contributed by atoms with Crippen LogP contribution in [0.2, 0.25) is 0 Å². The van der Waals surface area contributed by atoms with Crippen LogP contribution in [-0.2, 0) is 24.1 Å². The van der Waals surface area contributed by atoms with Crippen LogP contribution in [0.4, 0.5) is 32.2 Å². The maximum Gasteiger partial charge on any atom is 0.433 e. The highest BCUT2D eigenvalue weighted by Gasteiger charge is 2.45. The number of nitrogens with zero attached hydrogens (tertiary/aromatic N) is 4. The normalized spacial score (nSPS) is 18.9. The number of ether oxygens (including phenoxy) is 3. The first-order chi connectivity index (χ1) is 17.5. The third kappa shape index (κ3) is 4.56. The predicted molar refractivity (Wildman–Crippen MR) is 115 cm³/mol.